The van der Waals surface area contributed by atoms with E-state index in [9.17, 15) is 4.79 Å². The maximum atomic E-state index is 11.6. The van der Waals surface area contributed by atoms with E-state index in [1.54, 1.807) is 6.08 Å². The van der Waals surface area contributed by atoms with E-state index < -0.39 is 0 Å². The van der Waals surface area contributed by atoms with Crippen LogP contribution in [0.25, 0.3) is 0 Å². The lowest BCUT2D eigenvalue weighted by molar-refractivity contribution is -0.120. The first-order valence-electron chi connectivity index (χ1n) is 6.02. The van der Waals surface area contributed by atoms with E-state index in [1.807, 2.05) is 29.6 Å². The number of aromatic nitrogens is 1. The molecule has 2 aromatic rings. The normalized spacial score (nSPS) is 10.1. The summed E-state index contributed by atoms with van der Waals surface area (Å²) in [6.07, 6.45) is 1.91. The zero-order valence-corrected chi connectivity index (χ0v) is 12.3. The fraction of sp³-hybridized carbons (Fsp3) is 0.143. The van der Waals surface area contributed by atoms with E-state index in [0.717, 1.165) is 16.5 Å². The van der Waals surface area contributed by atoms with Crippen molar-refractivity contribution >= 4 is 39.7 Å². The van der Waals surface area contributed by atoms with Gasteiger partial charge in [0.25, 0.3) is 0 Å². The predicted octanol–water partition coefficient (Wildman–Crippen LogP) is 3.38. The molecule has 0 saturated carbocycles. The number of nitrogens with zero attached hydrogens (tertiary/aromatic N) is 1. The van der Waals surface area contributed by atoms with Crippen molar-refractivity contribution in [1.82, 2.24) is 10.3 Å². The topological polar surface area (TPSA) is 54.0 Å². The van der Waals surface area contributed by atoms with Crippen LogP contribution >= 0.6 is 22.9 Å². The summed E-state index contributed by atoms with van der Waals surface area (Å²) in [5, 5.41) is 9.13. The Hall–Kier alpha value is -1.85. The van der Waals surface area contributed by atoms with Gasteiger partial charge in [-0.1, -0.05) is 23.7 Å². The van der Waals surface area contributed by atoms with Crippen molar-refractivity contribution in [2.45, 2.75) is 6.42 Å². The first kappa shape index (κ1) is 14.6. The number of hydrogen-bond acceptors (Lipinski definition) is 4. The lowest BCUT2D eigenvalue weighted by atomic mass is 10.3. The summed E-state index contributed by atoms with van der Waals surface area (Å²) in [5.74, 6) is -0.0653. The lowest BCUT2D eigenvalue weighted by Gasteiger charge is -2.02. The van der Waals surface area contributed by atoms with Gasteiger partial charge in [0.1, 0.15) is 0 Å². The van der Waals surface area contributed by atoms with E-state index in [-0.39, 0.29) is 12.3 Å². The number of halogens is 1. The Labute approximate surface area is 126 Å². The Morgan fingerprint density at radius 1 is 1.50 bits per heavy atom. The molecule has 0 fully saturated rings. The molecule has 0 unspecified atom stereocenters. The standard InChI is InChI=1S/C14H14ClN3OS/c1-2-6-16-13(19)8-12-9-20-14(18-12)17-11-5-3-4-10(15)7-11/h2-5,7,9H,1,6,8H2,(H,16,19)(H,17,18). The quantitative estimate of drug-likeness (QED) is 0.804. The second-order valence-corrected chi connectivity index (χ2v) is 5.34. The fourth-order valence-electron chi connectivity index (χ4n) is 1.55. The molecular weight excluding hydrogens is 294 g/mol. The smallest absolute Gasteiger partial charge is 0.226 e. The van der Waals surface area contributed by atoms with Gasteiger partial charge in [0.2, 0.25) is 5.91 Å². The second kappa shape index (κ2) is 7.07. The van der Waals surface area contributed by atoms with Crippen LogP contribution in [0.4, 0.5) is 10.8 Å². The molecule has 6 heteroatoms. The van der Waals surface area contributed by atoms with Crippen molar-refractivity contribution in [3.63, 3.8) is 0 Å². The molecule has 2 N–H and O–H groups in total. The van der Waals surface area contributed by atoms with Gasteiger partial charge in [-0.05, 0) is 18.2 Å². The summed E-state index contributed by atoms with van der Waals surface area (Å²) in [4.78, 5) is 15.9. The molecule has 20 heavy (non-hydrogen) atoms. The molecule has 0 aliphatic carbocycles. The third-order valence-corrected chi connectivity index (χ3v) is 3.45. The molecule has 0 radical (unpaired) electrons. The fourth-order valence-corrected chi connectivity index (χ4v) is 2.47. The molecule has 1 heterocycles. The number of rotatable bonds is 6. The maximum absolute atomic E-state index is 11.6. The highest BCUT2D eigenvalue weighted by atomic mass is 35.5. The van der Waals surface area contributed by atoms with Crippen molar-refractivity contribution in [1.29, 1.82) is 0 Å². The average Bonchev–Trinajstić information content (AvgIpc) is 2.83. The van der Waals surface area contributed by atoms with E-state index in [2.05, 4.69) is 22.2 Å². The Balaban J connectivity index is 1.95. The Bertz CT molecular complexity index is 612. The van der Waals surface area contributed by atoms with Crippen LogP contribution in [0.2, 0.25) is 5.02 Å². The highest BCUT2D eigenvalue weighted by Gasteiger charge is 2.07. The van der Waals surface area contributed by atoms with Crippen LogP contribution in [0.1, 0.15) is 5.69 Å². The number of carbonyl (C=O) groups is 1. The zero-order valence-electron chi connectivity index (χ0n) is 10.7. The molecule has 0 saturated heterocycles. The van der Waals surface area contributed by atoms with Gasteiger partial charge in [-0.2, -0.15) is 0 Å². The minimum atomic E-state index is -0.0653. The van der Waals surface area contributed by atoms with Crippen molar-refractivity contribution in [3.05, 3.63) is 53.0 Å². The van der Waals surface area contributed by atoms with E-state index >= 15 is 0 Å². The molecular formula is C14H14ClN3OS. The van der Waals surface area contributed by atoms with Crippen LogP contribution in [0, 0.1) is 0 Å². The summed E-state index contributed by atoms with van der Waals surface area (Å²) < 4.78 is 0. The van der Waals surface area contributed by atoms with Gasteiger partial charge < -0.3 is 10.6 Å². The molecule has 4 nitrogen and oxygen atoms in total. The number of carbonyl (C=O) groups excluding carboxylic acids is 1. The largest absolute Gasteiger partial charge is 0.352 e. The number of anilines is 2. The maximum Gasteiger partial charge on any atom is 0.226 e. The van der Waals surface area contributed by atoms with Gasteiger partial charge in [-0.3, -0.25) is 4.79 Å². The Kier molecular flexibility index (Phi) is 5.15. The molecule has 0 atom stereocenters. The molecule has 1 aromatic heterocycles. The monoisotopic (exact) mass is 307 g/mol. The van der Waals surface area contributed by atoms with Crippen LogP contribution < -0.4 is 10.6 Å². The SMILES string of the molecule is C=CCNC(=O)Cc1csc(Nc2cccc(Cl)c2)n1. The molecule has 0 aliphatic heterocycles. The molecule has 1 aromatic carbocycles. The summed E-state index contributed by atoms with van der Waals surface area (Å²) in [6, 6.07) is 7.40. The van der Waals surface area contributed by atoms with Gasteiger partial charge in [0.05, 0.1) is 12.1 Å². The predicted molar refractivity (Wildman–Crippen MR) is 83.8 cm³/mol. The van der Waals surface area contributed by atoms with Crippen molar-refractivity contribution < 1.29 is 4.79 Å². The van der Waals surface area contributed by atoms with Crippen molar-refractivity contribution in [3.8, 4) is 0 Å². The highest BCUT2D eigenvalue weighted by molar-refractivity contribution is 7.13. The van der Waals surface area contributed by atoms with Gasteiger partial charge in [0.15, 0.2) is 5.13 Å². The first-order valence-corrected chi connectivity index (χ1v) is 7.27. The van der Waals surface area contributed by atoms with Gasteiger partial charge in [-0.25, -0.2) is 4.98 Å². The van der Waals surface area contributed by atoms with Crippen LogP contribution in [0.3, 0.4) is 0 Å². The van der Waals surface area contributed by atoms with Crippen molar-refractivity contribution in [2.24, 2.45) is 0 Å². The van der Waals surface area contributed by atoms with Crippen LogP contribution in [0.15, 0.2) is 42.3 Å². The zero-order chi connectivity index (χ0) is 14.4. The highest BCUT2D eigenvalue weighted by Crippen LogP contribution is 2.23. The van der Waals surface area contributed by atoms with Gasteiger partial charge in [0, 0.05) is 22.6 Å². The van der Waals surface area contributed by atoms with E-state index in [4.69, 9.17) is 11.6 Å². The minimum absolute atomic E-state index is 0.0653. The molecule has 0 aliphatic rings. The number of thiazole rings is 1. The Morgan fingerprint density at radius 3 is 3.10 bits per heavy atom. The molecule has 1 amide bonds. The van der Waals surface area contributed by atoms with Crippen molar-refractivity contribution in [2.75, 3.05) is 11.9 Å². The summed E-state index contributed by atoms with van der Waals surface area (Å²) in [6.45, 7) is 4.02. The molecule has 0 bridgehead atoms. The van der Waals surface area contributed by atoms with Crippen LogP contribution in [0.5, 0.6) is 0 Å². The number of amides is 1. The van der Waals surface area contributed by atoms with E-state index in [1.165, 1.54) is 11.3 Å². The van der Waals surface area contributed by atoms with E-state index in [0.29, 0.717) is 11.6 Å². The summed E-state index contributed by atoms with van der Waals surface area (Å²) >= 11 is 7.37. The molecule has 104 valence electrons. The van der Waals surface area contributed by atoms with Crippen LogP contribution in [-0.2, 0) is 11.2 Å². The lowest BCUT2D eigenvalue weighted by Crippen LogP contribution is -2.25. The first-order chi connectivity index (χ1) is 9.67. The molecule has 0 spiro atoms. The number of nitrogens with one attached hydrogen (secondary N) is 2. The summed E-state index contributed by atoms with van der Waals surface area (Å²) in [7, 11) is 0. The number of benzene rings is 1. The Morgan fingerprint density at radius 2 is 2.35 bits per heavy atom. The number of hydrogen-bond donors (Lipinski definition) is 2. The third-order valence-electron chi connectivity index (χ3n) is 2.41. The minimum Gasteiger partial charge on any atom is -0.352 e. The summed E-state index contributed by atoms with van der Waals surface area (Å²) in [5.41, 5.74) is 1.61. The second-order valence-electron chi connectivity index (χ2n) is 4.05. The molecule has 2 rings (SSSR count). The average molecular weight is 308 g/mol. The third kappa shape index (κ3) is 4.36. The van der Waals surface area contributed by atoms with Gasteiger partial charge >= 0.3 is 0 Å². The van der Waals surface area contributed by atoms with Crippen LogP contribution in [-0.4, -0.2) is 17.4 Å². The van der Waals surface area contributed by atoms with Gasteiger partial charge in [-0.15, -0.1) is 17.9 Å².